The lowest BCUT2D eigenvalue weighted by atomic mass is 10.2. The second-order valence-corrected chi connectivity index (χ2v) is 3.24. The molecule has 6 heteroatoms. The van der Waals surface area contributed by atoms with Crippen LogP contribution in [0.4, 0.5) is 0 Å². The number of esters is 2. The molecular formula is C11H16O6. The summed E-state index contributed by atoms with van der Waals surface area (Å²) in [7, 11) is 0. The predicted octanol–water partition coefficient (Wildman–Crippen LogP) is -0.0941. The number of aliphatic hydroxyl groups excluding tert-OH is 2. The van der Waals surface area contributed by atoms with Crippen LogP contribution in [0.25, 0.3) is 0 Å². The van der Waals surface area contributed by atoms with Gasteiger partial charge in [-0.25, -0.2) is 9.59 Å². The zero-order chi connectivity index (χ0) is 13.4. The van der Waals surface area contributed by atoms with E-state index >= 15 is 0 Å². The minimum absolute atomic E-state index is 0.0957. The van der Waals surface area contributed by atoms with E-state index in [-0.39, 0.29) is 17.9 Å². The Kier molecular flexibility index (Phi) is 6.85. The van der Waals surface area contributed by atoms with Crippen molar-refractivity contribution in [1.29, 1.82) is 0 Å². The van der Waals surface area contributed by atoms with Crippen molar-refractivity contribution in [2.24, 2.45) is 0 Å². The van der Waals surface area contributed by atoms with Gasteiger partial charge in [0.25, 0.3) is 0 Å². The van der Waals surface area contributed by atoms with Gasteiger partial charge in [-0.05, 0) is 13.8 Å². The standard InChI is InChI=1S/C11H16O6/c1-4-10(14)17-8(3)7(2)11(15)16-6-9(13)5-12/h4,9,12-13H,1,5-6H2,2-3H3. The molecule has 0 saturated carbocycles. The Morgan fingerprint density at radius 2 is 2.00 bits per heavy atom. The molecule has 96 valence electrons. The van der Waals surface area contributed by atoms with E-state index in [1.807, 2.05) is 0 Å². The predicted molar refractivity (Wildman–Crippen MR) is 58.7 cm³/mol. The molecule has 0 amide bonds. The SMILES string of the molecule is C=CC(=O)OC(C)=C(C)C(=O)OCC(O)CO. The molecule has 0 aliphatic carbocycles. The van der Waals surface area contributed by atoms with Crippen LogP contribution in [-0.2, 0) is 19.1 Å². The van der Waals surface area contributed by atoms with Crippen LogP contribution in [0.2, 0.25) is 0 Å². The minimum atomic E-state index is -1.12. The molecule has 0 bridgehead atoms. The molecule has 2 N–H and O–H groups in total. The van der Waals surface area contributed by atoms with Crippen molar-refractivity contribution < 1.29 is 29.3 Å². The summed E-state index contributed by atoms with van der Waals surface area (Å²) in [6, 6.07) is 0. The van der Waals surface area contributed by atoms with Crippen molar-refractivity contribution in [1.82, 2.24) is 0 Å². The third kappa shape index (κ3) is 5.84. The number of aliphatic hydroxyl groups is 2. The number of hydrogen-bond donors (Lipinski definition) is 2. The highest BCUT2D eigenvalue weighted by Gasteiger charge is 2.14. The molecule has 1 unspecified atom stereocenters. The van der Waals surface area contributed by atoms with Crippen molar-refractivity contribution in [2.45, 2.75) is 20.0 Å². The van der Waals surface area contributed by atoms with Crippen LogP contribution in [0.3, 0.4) is 0 Å². The molecule has 0 aromatic heterocycles. The van der Waals surface area contributed by atoms with Gasteiger partial charge in [-0.15, -0.1) is 0 Å². The third-order valence-corrected chi connectivity index (χ3v) is 1.87. The Bertz CT molecular complexity index is 331. The molecule has 0 aromatic carbocycles. The van der Waals surface area contributed by atoms with Gasteiger partial charge in [0, 0.05) is 6.08 Å². The second kappa shape index (κ2) is 7.59. The Balaban J connectivity index is 4.40. The van der Waals surface area contributed by atoms with Gasteiger partial charge in [-0.1, -0.05) is 6.58 Å². The fraction of sp³-hybridized carbons (Fsp3) is 0.455. The molecule has 0 radical (unpaired) electrons. The van der Waals surface area contributed by atoms with Crippen LogP contribution in [0.5, 0.6) is 0 Å². The number of hydrogen-bond acceptors (Lipinski definition) is 6. The number of carbonyl (C=O) groups excluding carboxylic acids is 2. The maximum absolute atomic E-state index is 11.4. The summed E-state index contributed by atoms with van der Waals surface area (Å²) in [5.41, 5.74) is 0.102. The topological polar surface area (TPSA) is 93.1 Å². The first-order chi connectivity index (χ1) is 7.92. The monoisotopic (exact) mass is 244 g/mol. The van der Waals surface area contributed by atoms with Gasteiger partial charge in [0.15, 0.2) is 0 Å². The highest BCUT2D eigenvalue weighted by molar-refractivity contribution is 5.89. The largest absolute Gasteiger partial charge is 0.459 e. The van der Waals surface area contributed by atoms with Gasteiger partial charge in [-0.3, -0.25) is 0 Å². The van der Waals surface area contributed by atoms with Gasteiger partial charge in [0.05, 0.1) is 12.2 Å². The van der Waals surface area contributed by atoms with E-state index in [0.29, 0.717) is 0 Å². The lowest BCUT2D eigenvalue weighted by Crippen LogP contribution is -2.22. The van der Waals surface area contributed by atoms with Crippen LogP contribution >= 0.6 is 0 Å². The summed E-state index contributed by atoms with van der Waals surface area (Å²) in [5, 5.41) is 17.5. The third-order valence-electron chi connectivity index (χ3n) is 1.87. The fourth-order valence-electron chi connectivity index (χ4n) is 0.746. The zero-order valence-corrected chi connectivity index (χ0v) is 9.80. The summed E-state index contributed by atoms with van der Waals surface area (Å²) in [6.45, 7) is 5.24. The summed E-state index contributed by atoms with van der Waals surface area (Å²) in [6.07, 6.45) is -0.153. The summed E-state index contributed by atoms with van der Waals surface area (Å²) < 4.78 is 9.39. The van der Waals surface area contributed by atoms with Crippen LogP contribution < -0.4 is 0 Å². The summed E-state index contributed by atoms with van der Waals surface area (Å²) >= 11 is 0. The van der Waals surface area contributed by atoms with Gasteiger partial charge < -0.3 is 19.7 Å². The van der Waals surface area contributed by atoms with Crippen molar-refractivity contribution >= 4 is 11.9 Å². The first-order valence-corrected chi connectivity index (χ1v) is 4.90. The summed E-state index contributed by atoms with van der Waals surface area (Å²) in [4.78, 5) is 22.2. The van der Waals surface area contributed by atoms with Crippen LogP contribution in [0, 0.1) is 0 Å². The summed E-state index contributed by atoms with van der Waals surface area (Å²) in [5.74, 6) is -1.31. The maximum atomic E-state index is 11.4. The molecule has 0 fully saturated rings. The zero-order valence-electron chi connectivity index (χ0n) is 9.80. The van der Waals surface area contributed by atoms with E-state index in [1.165, 1.54) is 13.8 Å². The Morgan fingerprint density at radius 3 is 2.47 bits per heavy atom. The first-order valence-electron chi connectivity index (χ1n) is 4.90. The minimum Gasteiger partial charge on any atom is -0.459 e. The van der Waals surface area contributed by atoms with Gasteiger partial charge in [0.1, 0.15) is 18.5 Å². The quantitative estimate of drug-likeness (QED) is 0.385. The smallest absolute Gasteiger partial charge is 0.337 e. The number of allylic oxidation sites excluding steroid dienone is 1. The average molecular weight is 244 g/mol. The van der Waals surface area contributed by atoms with Gasteiger partial charge >= 0.3 is 11.9 Å². The van der Waals surface area contributed by atoms with Gasteiger partial charge in [-0.2, -0.15) is 0 Å². The fourth-order valence-corrected chi connectivity index (χ4v) is 0.746. The van der Waals surface area contributed by atoms with E-state index in [0.717, 1.165) is 6.08 Å². The molecule has 0 aliphatic rings. The van der Waals surface area contributed by atoms with Gasteiger partial charge in [0.2, 0.25) is 0 Å². The molecule has 0 heterocycles. The highest BCUT2D eigenvalue weighted by atomic mass is 16.6. The molecule has 0 spiro atoms. The van der Waals surface area contributed by atoms with Crippen molar-refractivity contribution in [3.63, 3.8) is 0 Å². The molecule has 0 rings (SSSR count). The van der Waals surface area contributed by atoms with Crippen molar-refractivity contribution in [3.8, 4) is 0 Å². The molecule has 0 saturated heterocycles. The Hall–Kier alpha value is -1.66. The highest BCUT2D eigenvalue weighted by Crippen LogP contribution is 2.08. The van der Waals surface area contributed by atoms with Crippen LogP contribution in [0.1, 0.15) is 13.8 Å². The molecule has 0 aliphatic heterocycles. The number of rotatable bonds is 6. The average Bonchev–Trinajstić information content (AvgIpc) is 2.33. The molecular weight excluding hydrogens is 228 g/mol. The number of ether oxygens (including phenoxy) is 2. The lowest BCUT2D eigenvalue weighted by molar-refractivity contribution is -0.143. The molecule has 0 aromatic rings. The second-order valence-electron chi connectivity index (χ2n) is 3.24. The lowest BCUT2D eigenvalue weighted by Gasteiger charge is -2.10. The van der Waals surface area contributed by atoms with Crippen LogP contribution in [-0.4, -0.2) is 41.5 Å². The maximum Gasteiger partial charge on any atom is 0.337 e. The van der Waals surface area contributed by atoms with Crippen molar-refractivity contribution in [3.05, 3.63) is 24.0 Å². The van der Waals surface area contributed by atoms with Crippen molar-refractivity contribution in [2.75, 3.05) is 13.2 Å². The normalized spacial score (nSPS) is 13.4. The number of carbonyl (C=O) groups is 2. The molecule has 1 atom stereocenters. The van der Waals surface area contributed by atoms with E-state index in [1.54, 1.807) is 0 Å². The Morgan fingerprint density at radius 1 is 1.41 bits per heavy atom. The molecule has 6 nitrogen and oxygen atoms in total. The molecule has 17 heavy (non-hydrogen) atoms. The van der Waals surface area contributed by atoms with E-state index in [4.69, 9.17) is 14.9 Å². The van der Waals surface area contributed by atoms with Crippen LogP contribution in [0.15, 0.2) is 24.0 Å². The van der Waals surface area contributed by atoms with E-state index in [9.17, 15) is 9.59 Å². The van der Waals surface area contributed by atoms with E-state index < -0.39 is 24.6 Å². The first kappa shape index (κ1) is 15.3. The Labute approximate surface area is 99.1 Å². The van der Waals surface area contributed by atoms with E-state index in [2.05, 4.69) is 11.3 Å².